The van der Waals surface area contributed by atoms with E-state index in [1.165, 1.54) is 321 Å². The lowest BCUT2D eigenvalue weighted by molar-refractivity contribution is -0.143. The number of nitrogens with one attached hydrogen (secondary N) is 1. The van der Waals surface area contributed by atoms with Gasteiger partial charge in [0, 0.05) is 12.8 Å². The average molecular weight is 1100 g/mol. The molecule has 6 heteroatoms. The van der Waals surface area contributed by atoms with Crippen molar-refractivity contribution in [2.45, 2.75) is 411 Å². The average Bonchev–Trinajstić information content (AvgIpc) is 3.44. The molecule has 1 amide bonds. The normalized spacial score (nSPS) is 12.6. The van der Waals surface area contributed by atoms with E-state index in [4.69, 9.17) is 4.74 Å². The molecule has 0 radical (unpaired) electrons. The fourth-order valence-electron chi connectivity index (χ4n) is 11.3. The van der Waals surface area contributed by atoms with Crippen LogP contribution in [0.2, 0.25) is 0 Å². The highest BCUT2D eigenvalue weighted by Gasteiger charge is 2.20. The number of esters is 1. The number of unbranched alkanes of at least 4 members (excludes halogenated alkanes) is 52. The topological polar surface area (TPSA) is 95.9 Å². The number of aliphatic hydroxyl groups is 2. The molecular weight excluding hydrogens is 959 g/mol. The Morgan fingerprint density at radius 1 is 0.359 bits per heavy atom. The van der Waals surface area contributed by atoms with Gasteiger partial charge in [-0.2, -0.15) is 0 Å². The van der Waals surface area contributed by atoms with Crippen LogP contribution in [0.5, 0.6) is 0 Å². The Labute approximate surface area is 488 Å². The zero-order valence-corrected chi connectivity index (χ0v) is 52.9. The molecule has 0 aliphatic carbocycles. The van der Waals surface area contributed by atoms with Gasteiger partial charge in [0.1, 0.15) is 0 Å². The lowest BCUT2D eigenvalue weighted by Crippen LogP contribution is -2.45. The highest BCUT2D eigenvalue weighted by Crippen LogP contribution is 2.19. The molecule has 0 spiro atoms. The van der Waals surface area contributed by atoms with Crippen LogP contribution in [0.1, 0.15) is 399 Å². The van der Waals surface area contributed by atoms with Gasteiger partial charge >= 0.3 is 5.97 Å². The summed E-state index contributed by atoms with van der Waals surface area (Å²) >= 11 is 0. The third-order valence-corrected chi connectivity index (χ3v) is 16.8. The number of aliphatic hydroxyl groups excluding tert-OH is 2. The lowest BCUT2D eigenvalue weighted by atomic mass is 10.0. The Morgan fingerprint density at radius 3 is 0.974 bits per heavy atom. The molecule has 2 unspecified atom stereocenters. The molecule has 0 aliphatic rings. The quantitative estimate of drug-likeness (QED) is 0.0320. The minimum atomic E-state index is -0.660. The Morgan fingerprint density at radius 2 is 0.641 bits per heavy atom. The number of hydrogen-bond donors (Lipinski definition) is 3. The molecule has 0 heterocycles. The van der Waals surface area contributed by atoms with Crippen molar-refractivity contribution in [2.24, 2.45) is 0 Å². The van der Waals surface area contributed by atoms with Crippen LogP contribution in [0.25, 0.3) is 0 Å². The van der Waals surface area contributed by atoms with Crippen LogP contribution in [0.4, 0.5) is 0 Å². The number of amides is 1. The fraction of sp³-hybridized carbons (Fsp3) is 0.917. The SMILES string of the molecule is CCCCCCCCCCCCCCCCCCCC(=O)OCCCCCCCCCCCCC/C=C\C/C=C\CCCCCCCCCCCCCCCCCCCC(=O)NC(CO)C(O)CCCCCCCCCCC. The molecule has 6 nitrogen and oxygen atoms in total. The van der Waals surface area contributed by atoms with Crippen molar-refractivity contribution in [1.82, 2.24) is 5.32 Å². The second-order valence-corrected chi connectivity index (χ2v) is 24.6. The monoisotopic (exact) mass is 1100 g/mol. The van der Waals surface area contributed by atoms with E-state index in [0.717, 1.165) is 44.9 Å². The molecule has 0 rings (SSSR count). The summed E-state index contributed by atoms with van der Waals surface area (Å²) in [7, 11) is 0. The first-order chi connectivity index (χ1) is 38.5. The molecule has 462 valence electrons. The first-order valence-corrected chi connectivity index (χ1v) is 35.6. The summed E-state index contributed by atoms with van der Waals surface area (Å²) in [6.45, 7) is 4.97. The predicted molar refractivity (Wildman–Crippen MR) is 343 cm³/mol. The van der Waals surface area contributed by atoms with Crippen LogP contribution in [-0.4, -0.2) is 47.4 Å². The van der Waals surface area contributed by atoms with E-state index >= 15 is 0 Å². The predicted octanol–water partition coefficient (Wildman–Crippen LogP) is 22.9. The van der Waals surface area contributed by atoms with Crippen LogP contribution >= 0.6 is 0 Å². The molecule has 0 aromatic heterocycles. The van der Waals surface area contributed by atoms with Crippen molar-refractivity contribution in [1.29, 1.82) is 0 Å². The van der Waals surface area contributed by atoms with Gasteiger partial charge in [-0.15, -0.1) is 0 Å². The summed E-state index contributed by atoms with van der Waals surface area (Å²) in [4.78, 5) is 24.5. The van der Waals surface area contributed by atoms with E-state index in [2.05, 4.69) is 43.5 Å². The van der Waals surface area contributed by atoms with Crippen molar-refractivity contribution < 1.29 is 24.5 Å². The van der Waals surface area contributed by atoms with E-state index in [0.29, 0.717) is 25.9 Å². The fourth-order valence-corrected chi connectivity index (χ4v) is 11.3. The number of carbonyl (C=O) groups excluding carboxylic acids is 2. The minimum Gasteiger partial charge on any atom is -0.466 e. The molecule has 0 aliphatic heterocycles. The number of hydrogen-bond acceptors (Lipinski definition) is 5. The summed E-state index contributed by atoms with van der Waals surface area (Å²) in [5, 5.41) is 23.1. The van der Waals surface area contributed by atoms with Crippen LogP contribution in [-0.2, 0) is 14.3 Å². The second kappa shape index (κ2) is 67.8. The number of rotatable bonds is 67. The summed E-state index contributed by atoms with van der Waals surface area (Å²) in [6.07, 6.45) is 85.4. The van der Waals surface area contributed by atoms with Gasteiger partial charge < -0.3 is 20.3 Å². The van der Waals surface area contributed by atoms with Crippen molar-refractivity contribution >= 4 is 11.9 Å². The Kier molecular flexibility index (Phi) is 66.4. The molecule has 0 bridgehead atoms. The maximum Gasteiger partial charge on any atom is 0.305 e. The van der Waals surface area contributed by atoms with Gasteiger partial charge in [-0.1, -0.05) is 353 Å². The molecule has 0 aromatic carbocycles. The van der Waals surface area contributed by atoms with Crippen molar-refractivity contribution in [3.8, 4) is 0 Å². The molecule has 78 heavy (non-hydrogen) atoms. The molecule has 0 aromatic rings. The molecule has 0 fully saturated rings. The minimum absolute atomic E-state index is 0.0213. The second-order valence-electron chi connectivity index (χ2n) is 24.6. The number of ether oxygens (including phenoxy) is 1. The van der Waals surface area contributed by atoms with E-state index in [1.54, 1.807) is 0 Å². The first-order valence-electron chi connectivity index (χ1n) is 35.6. The van der Waals surface area contributed by atoms with E-state index in [9.17, 15) is 19.8 Å². The van der Waals surface area contributed by atoms with Gasteiger partial charge in [-0.05, 0) is 57.8 Å². The lowest BCUT2D eigenvalue weighted by Gasteiger charge is -2.22. The summed E-state index contributed by atoms with van der Waals surface area (Å²) < 4.78 is 5.51. The van der Waals surface area contributed by atoms with Crippen LogP contribution in [0, 0.1) is 0 Å². The van der Waals surface area contributed by atoms with E-state index in [1.807, 2.05) is 0 Å². The Bertz CT molecular complexity index is 1220. The first kappa shape index (κ1) is 76.3. The van der Waals surface area contributed by atoms with Crippen molar-refractivity contribution in [2.75, 3.05) is 13.2 Å². The van der Waals surface area contributed by atoms with Crippen LogP contribution in [0.15, 0.2) is 24.3 Å². The van der Waals surface area contributed by atoms with Gasteiger partial charge in [-0.3, -0.25) is 9.59 Å². The number of allylic oxidation sites excluding steroid dienone is 4. The summed E-state index contributed by atoms with van der Waals surface area (Å²) in [6, 6.07) is -0.537. The van der Waals surface area contributed by atoms with Crippen LogP contribution < -0.4 is 5.32 Å². The number of carbonyl (C=O) groups is 2. The van der Waals surface area contributed by atoms with Crippen molar-refractivity contribution in [3.05, 3.63) is 24.3 Å². The molecular formula is C72H139NO5. The summed E-state index contributed by atoms with van der Waals surface area (Å²) in [5.74, 6) is -0.0120. The maximum absolute atomic E-state index is 12.4. The largest absolute Gasteiger partial charge is 0.466 e. The van der Waals surface area contributed by atoms with E-state index in [-0.39, 0.29) is 18.5 Å². The zero-order valence-electron chi connectivity index (χ0n) is 52.9. The molecule has 2 atom stereocenters. The van der Waals surface area contributed by atoms with Gasteiger partial charge in [-0.25, -0.2) is 0 Å². The van der Waals surface area contributed by atoms with Gasteiger partial charge in [0.25, 0.3) is 0 Å². The Hall–Kier alpha value is -1.66. The third kappa shape index (κ3) is 63.5. The van der Waals surface area contributed by atoms with Crippen LogP contribution in [0.3, 0.4) is 0 Å². The van der Waals surface area contributed by atoms with Gasteiger partial charge in [0.15, 0.2) is 0 Å². The molecule has 3 N–H and O–H groups in total. The highest BCUT2D eigenvalue weighted by molar-refractivity contribution is 5.76. The van der Waals surface area contributed by atoms with Gasteiger partial charge in [0.05, 0.1) is 25.4 Å². The molecule has 0 saturated heterocycles. The smallest absolute Gasteiger partial charge is 0.305 e. The van der Waals surface area contributed by atoms with Gasteiger partial charge in [0.2, 0.25) is 5.91 Å². The maximum atomic E-state index is 12.4. The Balaban J connectivity index is 3.32. The molecule has 0 saturated carbocycles. The highest BCUT2D eigenvalue weighted by atomic mass is 16.5. The van der Waals surface area contributed by atoms with E-state index < -0.39 is 12.1 Å². The summed E-state index contributed by atoms with van der Waals surface area (Å²) in [5.41, 5.74) is 0. The van der Waals surface area contributed by atoms with Crippen molar-refractivity contribution in [3.63, 3.8) is 0 Å². The zero-order chi connectivity index (χ0) is 56.4. The third-order valence-electron chi connectivity index (χ3n) is 16.8. The standard InChI is InChI=1S/C72H139NO5/c1-3-5-7-9-11-13-14-15-16-36-40-43-46-50-54-58-62-66-72(77)78-67-63-59-55-51-47-44-41-38-35-33-31-29-27-25-23-21-19-17-18-20-22-24-26-28-30-32-34-37-39-42-45-49-53-57-61-65-71(76)73-69(68-74)70(75)64-60-56-52-48-12-10-8-6-4-2/h19,21,25,27,69-70,74-75H,3-18,20,22-24,26,28-68H2,1-2H3,(H,73,76)/b21-19-,27-25-.